The largest absolute Gasteiger partial charge is 0.431 e. The van der Waals surface area contributed by atoms with Crippen LogP contribution in [0.1, 0.15) is 20.4 Å². The number of aryl methyl sites for hydroxylation is 1. The first-order chi connectivity index (χ1) is 12.7. The predicted octanol–water partition coefficient (Wildman–Crippen LogP) is 4.53. The fourth-order valence-corrected chi connectivity index (χ4v) is 3.82. The predicted molar refractivity (Wildman–Crippen MR) is 103 cm³/mol. The van der Waals surface area contributed by atoms with E-state index in [0.29, 0.717) is 16.0 Å². The molecule has 0 radical (unpaired) electrons. The summed E-state index contributed by atoms with van der Waals surface area (Å²) in [6, 6.07) is 15.2. The van der Waals surface area contributed by atoms with Crippen LogP contribution in [0.5, 0.6) is 0 Å². The molecule has 0 saturated heterocycles. The summed E-state index contributed by atoms with van der Waals surface area (Å²) >= 11 is 2.69. The molecule has 2 aromatic carbocycles. The van der Waals surface area contributed by atoms with Crippen molar-refractivity contribution < 1.29 is 9.21 Å². The fraction of sp³-hybridized carbons (Fsp3) is 0.111. The molecule has 0 unspecified atom stereocenters. The van der Waals surface area contributed by atoms with Crippen LogP contribution in [0.15, 0.2) is 58.2 Å². The van der Waals surface area contributed by atoms with Crippen LogP contribution in [0.25, 0.3) is 11.1 Å². The highest BCUT2D eigenvalue weighted by atomic mass is 32.2. The first kappa shape index (κ1) is 16.7. The molecule has 2 aromatic heterocycles. The molecule has 4 aromatic rings. The Morgan fingerprint density at radius 2 is 1.96 bits per heavy atom. The number of carbonyl (C=O) groups excluding carboxylic acids is 1. The van der Waals surface area contributed by atoms with Gasteiger partial charge in [-0.05, 0) is 31.2 Å². The minimum Gasteiger partial charge on any atom is -0.431 e. The number of hydrogen-bond acceptors (Lipinski definition) is 7. The second-order valence-corrected chi connectivity index (χ2v) is 7.55. The zero-order valence-corrected chi connectivity index (χ0v) is 15.4. The van der Waals surface area contributed by atoms with E-state index in [9.17, 15) is 4.79 Å². The average molecular weight is 382 g/mol. The number of amides is 1. The lowest BCUT2D eigenvalue weighted by Gasteiger charge is -2.02. The Kier molecular flexibility index (Phi) is 4.68. The van der Waals surface area contributed by atoms with Gasteiger partial charge in [0.2, 0.25) is 5.01 Å². The van der Waals surface area contributed by atoms with Crippen LogP contribution in [0.2, 0.25) is 0 Å². The summed E-state index contributed by atoms with van der Waals surface area (Å²) in [4.78, 5) is 16.7. The lowest BCUT2D eigenvalue weighted by Crippen LogP contribution is -2.11. The molecule has 0 aliphatic heterocycles. The van der Waals surface area contributed by atoms with E-state index in [4.69, 9.17) is 4.42 Å². The molecule has 0 spiro atoms. The number of para-hydroxylation sites is 2. The van der Waals surface area contributed by atoms with E-state index in [0.717, 1.165) is 27.4 Å². The first-order valence-corrected chi connectivity index (χ1v) is 9.66. The number of fused-ring (bicyclic) bond motifs is 1. The SMILES string of the molecule is Cc1ccc(NC(=O)c2nnc(CSc3nc4ccccc4o3)s2)cc1. The highest BCUT2D eigenvalue weighted by Gasteiger charge is 2.14. The van der Waals surface area contributed by atoms with Gasteiger partial charge < -0.3 is 9.73 Å². The van der Waals surface area contributed by atoms with Crippen LogP contribution in [0, 0.1) is 6.92 Å². The molecule has 0 aliphatic rings. The fourth-order valence-electron chi connectivity index (χ4n) is 2.26. The zero-order valence-electron chi connectivity index (χ0n) is 13.8. The second kappa shape index (κ2) is 7.27. The molecule has 0 fully saturated rings. The zero-order chi connectivity index (χ0) is 17.9. The van der Waals surface area contributed by atoms with Crippen molar-refractivity contribution in [3.05, 3.63) is 64.1 Å². The van der Waals surface area contributed by atoms with E-state index >= 15 is 0 Å². The number of carbonyl (C=O) groups is 1. The van der Waals surface area contributed by atoms with Gasteiger partial charge in [-0.3, -0.25) is 4.79 Å². The van der Waals surface area contributed by atoms with E-state index in [-0.39, 0.29) is 5.91 Å². The number of benzene rings is 2. The minimum absolute atomic E-state index is 0.260. The van der Waals surface area contributed by atoms with Crippen molar-refractivity contribution in [2.45, 2.75) is 17.9 Å². The van der Waals surface area contributed by atoms with Crippen LogP contribution < -0.4 is 5.32 Å². The van der Waals surface area contributed by atoms with Crippen molar-refractivity contribution in [2.24, 2.45) is 0 Å². The van der Waals surface area contributed by atoms with Crippen LogP contribution >= 0.6 is 23.1 Å². The van der Waals surface area contributed by atoms with Crippen LogP contribution in [-0.4, -0.2) is 21.1 Å². The van der Waals surface area contributed by atoms with Gasteiger partial charge in [0.25, 0.3) is 11.1 Å². The lowest BCUT2D eigenvalue weighted by molar-refractivity contribution is 0.102. The third kappa shape index (κ3) is 3.76. The molecule has 0 atom stereocenters. The molecule has 8 heteroatoms. The highest BCUT2D eigenvalue weighted by Crippen LogP contribution is 2.27. The van der Waals surface area contributed by atoms with E-state index in [1.54, 1.807) is 0 Å². The number of hydrogen-bond donors (Lipinski definition) is 1. The first-order valence-electron chi connectivity index (χ1n) is 7.86. The summed E-state index contributed by atoms with van der Waals surface area (Å²) in [6.45, 7) is 2.00. The molecule has 6 nitrogen and oxygen atoms in total. The Bertz CT molecular complexity index is 1020. The molecule has 2 heterocycles. The number of aromatic nitrogens is 3. The standard InChI is InChI=1S/C18H14N4O2S2/c1-11-6-8-12(9-7-11)19-16(23)17-22-21-15(26-17)10-25-18-20-13-4-2-3-5-14(13)24-18/h2-9H,10H2,1H3,(H,19,23). The Morgan fingerprint density at radius 1 is 1.15 bits per heavy atom. The number of oxazole rings is 1. The van der Waals surface area contributed by atoms with E-state index < -0.39 is 0 Å². The van der Waals surface area contributed by atoms with E-state index in [2.05, 4.69) is 20.5 Å². The molecule has 0 bridgehead atoms. The number of nitrogens with zero attached hydrogens (tertiary/aromatic N) is 3. The van der Waals surface area contributed by atoms with E-state index in [1.165, 1.54) is 23.1 Å². The quantitative estimate of drug-likeness (QED) is 0.511. The number of anilines is 1. The van der Waals surface area contributed by atoms with Gasteiger partial charge in [-0.25, -0.2) is 4.98 Å². The summed E-state index contributed by atoms with van der Waals surface area (Å²) in [7, 11) is 0. The monoisotopic (exact) mass is 382 g/mol. The Hall–Kier alpha value is -2.71. The van der Waals surface area contributed by atoms with Crippen molar-refractivity contribution in [1.29, 1.82) is 0 Å². The molecule has 130 valence electrons. The summed E-state index contributed by atoms with van der Waals surface area (Å²) in [5.74, 6) is 0.284. The van der Waals surface area contributed by atoms with Crippen molar-refractivity contribution in [3.63, 3.8) is 0 Å². The third-order valence-electron chi connectivity index (χ3n) is 3.56. The molecule has 0 aliphatic carbocycles. The molecule has 1 N–H and O–H groups in total. The second-order valence-electron chi connectivity index (χ2n) is 5.56. The van der Waals surface area contributed by atoms with Gasteiger partial charge in [0, 0.05) is 5.69 Å². The van der Waals surface area contributed by atoms with Crippen LogP contribution in [0.4, 0.5) is 5.69 Å². The number of thioether (sulfide) groups is 1. The molecular formula is C18H14N4O2S2. The van der Waals surface area contributed by atoms with Crippen molar-refractivity contribution >= 4 is 45.8 Å². The van der Waals surface area contributed by atoms with Gasteiger partial charge >= 0.3 is 0 Å². The van der Waals surface area contributed by atoms with Crippen molar-refractivity contribution in [1.82, 2.24) is 15.2 Å². The number of nitrogens with one attached hydrogen (secondary N) is 1. The maximum Gasteiger partial charge on any atom is 0.286 e. The molecule has 4 rings (SSSR count). The summed E-state index contributed by atoms with van der Waals surface area (Å²) in [5.41, 5.74) is 3.45. The van der Waals surface area contributed by atoms with Gasteiger partial charge in [0.05, 0.1) is 5.75 Å². The van der Waals surface area contributed by atoms with Gasteiger partial charge in [-0.2, -0.15) is 0 Å². The third-order valence-corrected chi connectivity index (χ3v) is 5.51. The number of rotatable bonds is 5. The Morgan fingerprint density at radius 3 is 2.77 bits per heavy atom. The maximum absolute atomic E-state index is 12.3. The Labute approximate surface area is 157 Å². The van der Waals surface area contributed by atoms with Crippen LogP contribution in [0.3, 0.4) is 0 Å². The van der Waals surface area contributed by atoms with Crippen LogP contribution in [-0.2, 0) is 5.75 Å². The van der Waals surface area contributed by atoms with Gasteiger partial charge in [-0.15, -0.1) is 10.2 Å². The van der Waals surface area contributed by atoms with Crippen molar-refractivity contribution in [3.8, 4) is 0 Å². The molecule has 0 saturated carbocycles. The summed E-state index contributed by atoms with van der Waals surface area (Å²) < 4.78 is 5.66. The van der Waals surface area contributed by atoms with Gasteiger partial charge in [-0.1, -0.05) is 52.9 Å². The molecule has 1 amide bonds. The lowest BCUT2D eigenvalue weighted by atomic mass is 10.2. The molecular weight excluding hydrogens is 368 g/mol. The smallest absolute Gasteiger partial charge is 0.286 e. The minimum atomic E-state index is -0.260. The summed E-state index contributed by atoms with van der Waals surface area (Å²) in [5, 5.41) is 12.5. The van der Waals surface area contributed by atoms with Gasteiger partial charge in [0.15, 0.2) is 5.58 Å². The van der Waals surface area contributed by atoms with E-state index in [1.807, 2.05) is 55.5 Å². The maximum atomic E-state index is 12.3. The average Bonchev–Trinajstić information content (AvgIpc) is 3.28. The molecule has 26 heavy (non-hydrogen) atoms. The topological polar surface area (TPSA) is 80.9 Å². The summed E-state index contributed by atoms with van der Waals surface area (Å²) in [6.07, 6.45) is 0. The Balaban J connectivity index is 1.39. The highest BCUT2D eigenvalue weighted by molar-refractivity contribution is 7.98. The normalized spacial score (nSPS) is 11.0. The van der Waals surface area contributed by atoms with Crippen molar-refractivity contribution in [2.75, 3.05) is 5.32 Å². The van der Waals surface area contributed by atoms with Gasteiger partial charge in [0.1, 0.15) is 10.5 Å².